The van der Waals surface area contributed by atoms with Crippen molar-refractivity contribution in [2.24, 2.45) is 7.05 Å². The third-order valence-corrected chi connectivity index (χ3v) is 4.93. The predicted octanol–water partition coefficient (Wildman–Crippen LogP) is 3.76. The number of nitrogens with one attached hydrogen (secondary N) is 2. The van der Waals surface area contributed by atoms with Crippen LogP contribution in [0.15, 0.2) is 41.5 Å². The lowest BCUT2D eigenvalue weighted by Crippen LogP contribution is -2.27. The van der Waals surface area contributed by atoms with Crippen LogP contribution < -0.4 is 16.2 Å². The number of rotatable bonds is 4. The molecule has 0 unspecified atom stereocenters. The molecule has 0 atom stereocenters. The van der Waals surface area contributed by atoms with Crippen LogP contribution in [0.2, 0.25) is 0 Å². The number of halogens is 3. The Kier molecular flexibility index (Phi) is 7.24. The minimum atomic E-state index is -4.41. The van der Waals surface area contributed by atoms with E-state index in [1.165, 1.54) is 17.0 Å². The van der Waals surface area contributed by atoms with Crippen molar-refractivity contribution in [3.05, 3.63) is 63.8 Å². The van der Waals surface area contributed by atoms with E-state index >= 15 is 0 Å². The number of hydrogen-bond acceptors (Lipinski definition) is 6. The summed E-state index contributed by atoms with van der Waals surface area (Å²) in [7, 11) is 1.61. The van der Waals surface area contributed by atoms with E-state index in [0.29, 0.717) is 41.2 Å². The highest BCUT2D eigenvalue weighted by atomic mass is 19.4. The maximum Gasteiger partial charge on any atom is 0.416 e. The molecule has 4 rings (SSSR count). The maximum absolute atomic E-state index is 12.9. The molecular formula is C22H25F3N6O. The Balaban J connectivity index is 0.00000141. The Labute approximate surface area is 183 Å². The molecule has 0 bridgehead atoms. The molecule has 3 heterocycles. The van der Waals surface area contributed by atoms with Crippen molar-refractivity contribution >= 4 is 22.6 Å². The quantitative estimate of drug-likeness (QED) is 0.635. The third-order valence-electron chi connectivity index (χ3n) is 4.93. The van der Waals surface area contributed by atoms with Crippen LogP contribution >= 0.6 is 0 Å². The fourth-order valence-electron chi connectivity index (χ4n) is 3.35. The second-order valence-electron chi connectivity index (χ2n) is 6.95. The Morgan fingerprint density at radius 1 is 1.22 bits per heavy atom. The smallest absolute Gasteiger partial charge is 0.364 e. The minimum absolute atomic E-state index is 0.114. The predicted molar refractivity (Wildman–Crippen MR) is 118 cm³/mol. The lowest BCUT2D eigenvalue weighted by Gasteiger charge is -2.16. The van der Waals surface area contributed by atoms with Crippen molar-refractivity contribution < 1.29 is 13.2 Å². The summed E-state index contributed by atoms with van der Waals surface area (Å²) < 4.78 is 40.3. The van der Waals surface area contributed by atoms with Crippen LogP contribution in [0, 0.1) is 0 Å². The third kappa shape index (κ3) is 4.96. The van der Waals surface area contributed by atoms with Crippen molar-refractivity contribution in [1.29, 1.82) is 0 Å². The first kappa shape index (κ1) is 23.4. The number of aromatic nitrogens is 4. The highest BCUT2D eigenvalue weighted by molar-refractivity contribution is 5.84. The molecule has 0 radical (unpaired) electrons. The molecule has 7 nitrogen and oxygen atoms in total. The van der Waals surface area contributed by atoms with E-state index in [9.17, 15) is 18.0 Å². The SMILES string of the molecule is CC.Cn1c(=O)c(C2=CCNCC2)nc2c(NCc3cccc(C(F)(F)F)c3)ncnc21. The zero-order valence-corrected chi connectivity index (χ0v) is 18.1. The molecule has 170 valence electrons. The average molecular weight is 446 g/mol. The highest BCUT2D eigenvalue weighted by Gasteiger charge is 2.30. The van der Waals surface area contributed by atoms with Crippen LogP contribution in [0.4, 0.5) is 19.0 Å². The summed E-state index contributed by atoms with van der Waals surface area (Å²) in [6, 6.07) is 5.08. The van der Waals surface area contributed by atoms with Gasteiger partial charge in [0.05, 0.1) is 5.56 Å². The van der Waals surface area contributed by atoms with Gasteiger partial charge in [0.25, 0.3) is 5.56 Å². The van der Waals surface area contributed by atoms with E-state index in [4.69, 9.17) is 0 Å². The second kappa shape index (κ2) is 9.90. The van der Waals surface area contributed by atoms with E-state index in [1.54, 1.807) is 13.1 Å². The molecule has 0 aliphatic carbocycles. The Bertz CT molecular complexity index is 1190. The van der Waals surface area contributed by atoms with E-state index in [2.05, 4.69) is 25.6 Å². The summed E-state index contributed by atoms with van der Waals surface area (Å²) in [4.78, 5) is 25.6. The van der Waals surface area contributed by atoms with Gasteiger partial charge in [0, 0.05) is 20.1 Å². The molecule has 2 aromatic heterocycles. The van der Waals surface area contributed by atoms with Crippen LogP contribution in [0.3, 0.4) is 0 Å². The van der Waals surface area contributed by atoms with Gasteiger partial charge in [-0.15, -0.1) is 0 Å². The molecule has 32 heavy (non-hydrogen) atoms. The largest absolute Gasteiger partial charge is 0.416 e. The number of hydrogen-bond donors (Lipinski definition) is 2. The number of aryl methyl sites for hydroxylation is 1. The number of fused-ring (bicyclic) bond motifs is 1. The summed E-state index contributed by atoms with van der Waals surface area (Å²) >= 11 is 0. The Hall–Kier alpha value is -3.27. The van der Waals surface area contributed by atoms with Crippen LogP contribution in [-0.2, 0) is 19.8 Å². The van der Waals surface area contributed by atoms with Crippen LogP contribution in [0.5, 0.6) is 0 Å². The number of benzene rings is 1. The first-order chi connectivity index (χ1) is 15.3. The van der Waals surface area contributed by atoms with Gasteiger partial charge >= 0.3 is 6.18 Å². The molecule has 2 N–H and O–H groups in total. The fourth-order valence-corrected chi connectivity index (χ4v) is 3.35. The molecular weight excluding hydrogens is 421 g/mol. The molecule has 3 aromatic rings. The maximum atomic E-state index is 12.9. The van der Waals surface area contributed by atoms with Gasteiger partial charge in [0.15, 0.2) is 11.5 Å². The standard InChI is InChI=1S/C20H19F3N6O.C2H6/c1-29-18-16(28-15(19(29)30)13-5-7-24-8-6-13)17(26-11-27-18)25-10-12-3-2-4-14(9-12)20(21,22)23;1-2/h2-5,9,11,24H,6-8,10H2,1H3,(H,25,26,27);1-2H3. The van der Waals surface area contributed by atoms with Crippen molar-refractivity contribution in [1.82, 2.24) is 24.8 Å². The molecule has 0 saturated carbocycles. The van der Waals surface area contributed by atoms with Gasteiger partial charge in [0.1, 0.15) is 17.5 Å². The van der Waals surface area contributed by atoms with E-state index in [0.717, 1.165) is 24.3 Å². The Morgan fingerprint density at radius 3 is 2.69 bits per heavy atom. The highest BCUT2D eigenvalue weighted by Crippen LogP contribution is 2.29. The van der Waals surface area contributed by atoms with Gasteiger partial charge < -0.3 is 10.6 Å². The van der Waals surface area contributed by atoms with Crippen LogP contribution in [-0.4, -0.2) is 32.6 Å². The number of anilines is 1. The van der Waals surface area contributed by atoms with Gasteiger partial charge in [0.2, 0.25) is 0 Å². The molecule has 0 fully saturated rings. The molecule has 0 saturated heterocycles. The molecule has 1 aliphatic heterocycles. The fraction of sp³-hybridized carbons (Fsp3) is 0.364. The monoisotopic (exact) mass is 446 g/mol. The summed E-state index contributed by atoms with van der Waals surface area (Å²) in [6.07, 6.45) is -0.511. The van der Waals surface area contributed by atoms with Gasteiger partial charge in [-0.1, -0.05) is 32.1 Å². The zero-order valence-electron chi connectivity index (χ0n) is 18.1. The van der Waals surface area contributed by atoms with Gasteiger partial charge in [-0.2, -0.15) is 13.2 Å². The van der Waals surface area contributed by atoms with E-state index in [-0.39, 0.29) is 12.1 Å². The Morgan fingerprint density at radius 2 is 2.00 bits per heavy atom. The van der Waals surface area contributed by atoms with Gasteiger partial charge in [-0.3, -0.25) is 9.36 Å². The first-order valence-corrected chi connectivity index (χ1v) is 10.4. The summed E-state index contributed by atoms with van der Waals surface area (Å²) in [5.41, 5.74) is 1.41. The van der Waals surface area contributed by atoms with Gasteiger partial charge in [-0.05, 0) is 36.2 Å². The number of alkyl halides is 3. The number of nitrogens with zero attached hydrogens (tertiary/aromatic N) is 4. The lowest BCUT2D eigenvalue weighted by molar-refractivity contribution is -0.137. The van der Waals surface area contributed by atoms with Gasteiger partial charge in [-0.25, -0.2) is 15.0 Å². The minimum Gasteiger partial charge on any atom is -0.364 e. The van der Waals surface area contributed by atoms with E-state index in [1.807, 2.05) is 19.9 Å². The topological polar surface area (TPSA) is 84.7 Å². The van der Waals surface area contributed by atoms with Crippen molar-refractivity contribution in [3.63, 3.8) is 0 Å². The first-order valence-electron chi connectivity index (χ1n) is 10.4. The molecule has 10 heteroatoms. The van der Waals surface area contributed by atoms with Crippen LogP contribution in [0.25, 0.3) is 16.7 Å². The average Bonchev–Trinajstić information content (AvgIpc) is 2.81. The van der Waals surface area contributed by atoms with Crippen molar-refractivity contribution in [2.45, 2.75) is 33.0 Å². The molecule has 1 aromatic carbocycles. The van der Waals surface area contributed by atoms with Crippen molar-refractivity contribution in [3.8, 4) is 0 Å². The summed E-state index contributed by atoms with van der Waals surface area (Å²) in [5, 5.41) is 6.22. The zero-order chi connectivity index (χ0) is 23.3. The summed E-state index contributed by atoms with van der Waals surface area (Å²) in [6.45, 7) is 5.52. The second-order valence-corrected chi connectivity index (χ2v) is 6.95. The summed E-state index contributed by atoms with van der Waals surface area (Å²) in [5.74, 6) is 0.351. The normalized spacial score (nSPS) is 13.9. The molecule has 1 aliphatic rings. The molecule has 0 spiro atoms. The molecule has 0 amide bonds. The lowest BCUT2D eigenvalue weighted by atomic mass is 10.1. The van der Waals surface area contributed by atoms with E-state index < -0.39 is 11.7 Å². The van der Waals surface area contributed by atoms with Crippen molar-refractivity contribution in [2.75, 3.05) is 18.4 Å². The van der Waals surface area contributed by atoms with Crippen LogP contribution in [0.1, 0.15) is 37.1 Å².